The summed E-state index contributed by atoms with van der Waals surface area (Å²) in [5.41, 5.74) is 0.814. The fourth-order valence-corrected chi connectivity index (χ4v) is 3.49. The number of hydrogen-bond donors (Lipinski definition) is 2. The second-order valence-electron chi connectivity index (χ2n) is 6.71. The van der Waals surface area contributed by atoms with E-state index in [0.717, 1.165) is 12.0 Å². The fraction of sp³-hybridized carbons (Fsp3) is 0.667. The summed E-state index contributed by atoms with van der Waals surface area (Å²) in [4.78, 5) is 23.3. The van der Waals surface area contributed by atoms with Gasteiger partial charge in [0.25, 0.3) is 5.91 Å². The summed E-state index contributed by atoms with van der Waals surface area (Å²) in [6.45, 7) is 3.66. The number of hydrogen-bond acceptors (Lipinski definition) is 3. The Morgan fingerprint density at radius 2 is 2.00 bits per heavy atom. The Bertz CT molecular complexity index is 543. The van der Waals surface area contributed by atoms with Crippen LogP contribution in [0.25, 0.3) is 0 Å². The number of aliphatic carboxylic acids is 1. The number of amides is 1. The van der Waals surface area contributed by atoms with Crippen molar-refractivity contribution in [3.8, 4) is 0 Å². The van der Waals surface area contributed by atoms with Crippen molar-refractivity contribution in [1.82, 2.24) is 5.32 Å². The molecule has 1 unspecified atom stereocenters. The summed E-state index contributed by atoms with van der Waals surface area (Å²) in [5, 5.41) is 11.9. The number of carboxylic acids is 1. The number of rotatable bonds is 7. The minimum Gasteiger partial charge on any atom is -0.481 e. The lowest BCUT2D eigenvalue weighted by Gasteiger charge is -2.26. The normalized spacial score (nSPS) is 17.0. The number of aryl methyl sites for hydroxylation is 2. The minimum atomic E-state index is -0.821. The molecule has 5 heteroatoms. The standard InChI is InChI=1S/C18H27NO4/c1-12-10-13(2)23-17(12)18(22)19-15(8-9-16(20)21)11-14-6-4-3-5-7-14/h10,14-15H,3-9,11H2,1-2H3,(H,19,22)(H,20,21). The van der Waals surface area contributed by atoms with Gasteiger partial charge < -0.3 is 14.8 Å². The van der Waals surface area contributed by atoms with Crippen molar-refractivity contribution in [2.24, 2.45) is 5.92 Å². The van der Waals surface area contributed by atoms with E-state index < -0.39 is 5.97 Å². The summed E-state index contributed by atoms with van der Waals surface area (Å²) in [6, 6.07) is 1.73. The SMILES string of the molecule is Cc1cc(C)c(C(=O)NC(CCC(=O)O)CC2CCCCC2)o1. The van der Waals surface area contributed by atoms with Gasteiger partial charge in [-0.25, -0.2) is 0 Å². The van der Waals surface area contributed by atoms with E-state index in [2.05, 4.69) is 5.32 Å². The molecule has 1 amide bonds. The van der Waals surface area contributed by atoms with Gasteiger partial charge in [0.05, 0.1) is 0 Å². The van der Waals surface area contributed by atoms with Crippen LogP contribution in [-0.4, -0.2) is 23.0 Å². The molecule has 2 N–H and O–H groups in total. The van der Waals surface area contributed by atoms with Gasteiger partial charge in [-0.1, -0.05) is 32.1 Å². The van der Waals surface area contributed by atoms with Crippen molar-refractivity contribution in [2.45, 2.75) is 71.3 Å². The highest BCUT2D eigenvalue weighted by molar-refractivity contribution is 5.93. The first kappa shape index (κ1) is 17.6. The number of carbonyl (C=O) groups excluding carboxylic acids is 1. The van der Waals surface area contributed by atoms with Gasteiger partial charge in [-0.15, -0.1) is 0 Å². The Kier molecular flexibility index (Phi) is 6.25. The van der Waals surface area contributed by atoms with Gasteiger partial charge >= 0.3 is 5.97 Å². The maximum absolute atomic E-state index is 12.4. The molecule has 1 atom stereocenters. The molecule has 1 fully saturated rings. The summed E-state index contributed by atoms with van der Waals surface area (Å²) in [5.74, 6) is 0.579. The van der Waals surface area contributed by atoms with Gasteiger partial charge in [0.1, 0.15) is 5.76 Å². The van der Waals surface area contributed by atoms with Gasteiger partial charge in [-0.3, -0.25) is 9.59 Å². The van der Waals surface area contributed by atoms with Gasteiger partial charge in [-0.05, 0) is 38.7 Å². The first-order valence-corrected chi connectivity index (χ1v) is 8.55. The molecule has 1 aliphatic rings. The highest BCUT2D eigenvalue weighted by atomic mass is 16.4. The van der Waals surface area contributed by atoms with E-state index in [-0.39, 0.29) is 18.4 Å². The molecule has 2 rings (SSSR count). The van der Waals surface area contributed by atoms with Crippen LogP contribution in [0, 0.1) is 19.8 Å². The van der Waals surface area contributed by atoms with Crippen LogP contribution in [0.15, 0.2) is 10.5 Å². The third-order valence-electron chi connectivity index (χ3n) is 4.63. The van der Waals surface area contributed by atoms with E-state index in [1.165, 1.54) is 32.1 Å². The molecular formula is C18H27NO4. The van der Waals surface area contributed by atoms with Gasteiger partial charge in [0, 0.05) is 18.0 Å². The van der Waals surface area contributed by atoms with Gasteiger partial charge in [-0.2, -0.15) is 0 Å². The number of carbonyl (C=O) groups is 2. The summed E-state index contributed by atoms with van der Waals surface area (Å²) in [6.07, 6.45) is 7.52. The molecule has 0 aromatic carbocycles. The average Bonchev–Trinajstić information content (AvgIpc) is 2.84. The predicted octanol–water partition coefficient (Wildman–Crippen LogP) is 3.83. The van der Waals surface area contributed by atoms with Crippen molar-refractivity contribution in [2.75, 3.05) is 0 Å². The molecule has 1 aliphatic carbocycles. The van der Waals surface area contributed by atoms with Crippen LogP contribution >= 0.6 is 0 Å². The smallest absolute Gasteiger partial charge is 0.303 e. The lowest BCUT2D eigenvalue weighted by atomic mass is 9.84. The van der Waals surface area contributed by atoms with E-state index in [1.54, 1.807) is 0 Å². The molecule has 0 aliphatic heterocycles. The average molecular weight is 321 g/mol. The number of carboxylic acid groups (broad SMARTS) is 1. The largest absolute Gasteiger partial charge is 0.481 e. The van der Waals surface area contributed by atoms with Crippen LogP contribution in [-0.2, 0) is 4.79 Å². The quantitative estimate of drug-likeness (QED) is 0.800. The highest BCUT2D eigenvalue weighted by Gasteiger charge is 2.23. The van der Waals surface area contributed by atoms with E-state index in [9.17, 15) is 9.59 Å². The predicted molar refractivity (Wildman–Crippen MR) is 87.5 cm³/mol. The molecule has 23 heavy (non-hydrogen) atoms. The van der Waals surface area contributed by atoms with Crippen molar-refractivity contribution >= 4 is 11.9 Å². The molecule has 1 heterocycles. The van der Waals surface area contributed by atoms with Crippen LogP contribution in [0.3, 0.4) is 0 Å². The molecule has 1 aromatic heterocycles. The monoisotopic (exact) mass is 321 g/mol. The molecule has 0 radical (unpaired) electrons. The van der Waals surface area contributed by atoms with E-state index >= 15 is 0 Å². The molecule has 0 spiro atoms. The van der Waals surface area contributed by atoms with E-state index in [1.807, 2.05) is 19.9 Å². The molecule has 0 saturated heterocycles. The van der Waals surface area contributed by atoms with Crippen LogP contribution < -0.4 is 5.32 Å². The van der Waals surface area contributed by atoms with Crippen molar-refractivity contribution in [1.29, 1.82) is 0 Å². The van der Waals surface area contributed by atoms with E-state index in [0.29, 0.717) is 23.9 Å². The second kappa shape index (κ2) is 8.18. The lowest BCUT2D eigenvalue weighted by molar-refractivity contribution is -0.137. The Morgan fingerprint density at radius 3 is 2.57 bits per heavy atom. The van der Waals surface area contributed by atoms with Crippen LogP contribution in [0.5, 0.6) is 0 Å². The van der Waals surface area contributed by atoms with Crippen molar-refractivity contribution < 1.29 is 19.1 Å². The van der Waals surface area contributed by atoms with Crippen molar-refractivity contribution in [3.05, 3.63) is 23.2 Å². The van der Waals surface area contributed by atoms with Gasteiger partial charge in [0.2, 0.25) is 0 Å². The lowest BCUT2D eigenvalue weighted by Crippen LogP contribution is -2.37. The third kappa shape index (κ3) is 5.41. The third-order valence-corrected chi connectivity index (χ3v) is 4.63. The van der Waals surface area contributed by atoms with Crippen LogP contribution in [0.1, 0.15) is 73.2 Å². The zero-order valence-corrected chi connectivity index (χ0v) is 14.1. The Hall–Kier alpha value is -1.78. The maximum Gasteiger partial charge on any atom is 0.303 e. The fourth-order valence-electron chi connectivity index (χ4n) is 3.49. The van der Waals surface area contributed by atoms with E-state index in [4.69, 9.17) is 9.52 Å². The molecular weight excluding hydrogens is 294 g/mol. The Morgan fingerprint density at radius 1 is 1.30 bits per heavy atom. The molecule has 1 saturated carbocycles. The molecule has 0 bridgehead atoms. The topological polar surface area (TPSA) is 79.5 Å². The Balaban J connectivity index is 1.98. The number of furan rings is 1. The molecule has 128 valence electrons. The second-order valence-corrected chi connectivity index (χ2v) is 6.71. The highest BCUT2D eigenvalue weighted by Crippen LogP contribution is 2.28. The molecule has 5 nitrogen and oxygen atoms in total. The summed E-state index contributed by atoms with van der Waals surface area (Å²) >= 11 is 0. The summed E-state index contributed by atoms with van der Waals surface area (Å²) in [7, 11) is 0. The first-order valence-electron chi connectivity index (χ1n) is 8.55. The summed E-state index contributed by atoms with van der Waals surface area (Å²) < 4.78 is 5.46. The zero-order chi connectivity index (χ0) is 16.8. The first-order chi connectivity index (χ1) is 11.0. The Labute approximate surface area is 137 Å². The molecule has 1 aromatic rings. The zero-order valence-electron chi connectivity index (χ0n) is 14.1. The number of nitrogens with one attached hydrogen (secondary N) is 1. The maximum atomic E-state index is 12.4. The van der Waals surface area contributed by atoms with Crippen molar-refractivity contribution in [3.63, 3.8) is 0 Å². The van der Waals surface area contributed by atoms with Crippen LogP contribution in [0.2, 0.25) is 0 Å². The van der Waals surface area contributed by atoms with Gasteiger partial charge in [0.15, 0.2) is 5.76 Å². The minimum absolute atomic E-state index is 0.0772. The van der Waals surface area contributed by atoms with Crippen LogP contribution in [0.4, 0.5) is 0 Å².